The van der Waals surface area contributed by atoms with Crippen molar-refractivity contribution in [2.45, 2.75) is 26.8 Å². The van der Waals surface area contributed by atoms with E-state index in [1.165, 1.54) is 16.7 Å². The van der Waals surface area contributed by atoms with E-state index in [9.17, 15) is 14.4 Å². The van der Waals surface area contributed by atoms with Gasteiger partial charge in [0, 0.05) is 6.54 Å². The molecule has 0 fully saturated rings. The van der Waals surface area contributed by atoms with Gasteiger partial charge in [-0.3, -0.25) is 9.59 Å². The van der Waals surface area contributed by atoms with Gasteiger partial charge in [-0.2, -0.15) is 0 Å². The third-order valence-electron chi connectivity index (χ3n) is 3.41. The summed E-state index contributed by atoms with van der Waals surface area (Å²) in [5.41, 5.74) is -0.371. The Kier molecular flexibility index (Phi) is 3.74. The molecule has 0 aliphatic carbocycles. The molecule has 1 heterocycles. The molecule has 2 N–H and O–H groups in total. The summed E-state index contributed by atoms with van der Waals surface area (Å²) < 4.78 is 1.41. The lowest BCUT2D eigenvalue weighted by Gasteiger charge is -2.13. The second-order valence-electron chi connectivity index (χ2n) is 4.92. The Balaban J connectivity index is 2.72. The molecule has 1 aromatic heterocycles. The molecule has 2 aromatic rings. The second-order valence-corrected chi connectivity index (χ2v) is 4.92. The number of aromatic nitrogens is 2. The van der Waals surface area contributed by atoms with Crippen molar-refractivity contribution in [1.29, 1.82) is 0 Å². The molecule has 0 spiro atoms. The summed E-state index contributed by atoms with van der Waals surface area (Å²) in [4.78, 5) is 37.0. The van der Waals surface area contributed by atoms with E-state index in [-0.39, 0.29) is 11.5 Å². The summed E-state index contributed by atoms with van der Waals surface area (Å²) in [6, 6.07) is 4.35. The highest BCUT2D eigenvalue weighted by Crippen LogP contribution is 2.13. The van der Waals surface area contributed by atoms with Gasteiger partial charge in [-0.25, -0.2) is 4.79 Å². The number of carboxylic acids is 1. The minimum Gasteiger partial charge on any atom is -0.478 e. The Hall–Kier alpha value is -2.37. The van der Waals surface area contributed by atoms with E-state index in [1.54, 1.807) is 6.07 Å². The molecule has 0 aliphatic heterocycles. The van der Waals surface area contributed by atoms with Crippen LogP contribution in [0.3, 0.4) is 0 Å². The molecular weight excluding hydrogens is 260 g/mol. The van der Waals surface area contributed by atoms with Gasteiger partial charge in [0.25, 0.3) is 0 Å². The number of H-pyrrole nitrogens is 1. The number of carbonyl (C=O) groups is 1. The van der Waals surface area contributed by atoms with Crippen molar-refractivity contribution in [3.8, 4) is 0 Å². The lowest BCUT2D eigenvalue weighted by Crippen LogP contribution is -2.37. The number of aromatic amines is 1. The summed E-state index contributed by atoms with van der Waals surface area (Å²) in [5, 5.41) is 8.96. The van der Waals surface area contributed by atoms with Crippen molar-refractivity contribution in [3.63, 3.8) is 0 Å². The standard InChI is InChI=1S/C14H16N2O4/c1-3-8(2)7-16-11-5-4-9(14(19)20)6-10(11)15-12(17)13(16)18/h4-6,8H,3,7H2,1-2H3,(H,15,17)(H,19,20). The van der Waals surface area contributed by atoms with E-state index in [1.807, 2.05) is 13.8 Å². The molecule has 2 rings (SSSR count). The van der Waals surface area contributed by atoms with E-state index < -0.39 is 17.1 Å². The highest BCUT2D eigenvalue weighted by Gasteiger charge is 2.12. The van der Waals surface area contributed by atoms with Crippen LogP contribution in [0.25, 0.3) is 11.0 Å². The fourth-order valence-electron chi connectivity index (χ4n) is 2.03. The monoisotopic (exact) mass is 276 g/mol. The zero-order chi connectivity index (χ0) is 14.9. The van der Waals surface area contributed by atoms with Crippen LogP contribution in [0, 0.1) is 5.92 Å². The van der Waals surface area contributed by atoms with Crippen molar-refractivity contribution in [2.24, 2.45) is 5.92 Å². The molecule has 1 atom stereocenters. The van der Waals surface area contributed by atoms with Crippen LogP contribution in [0.1, 0.15) is 30.6 Å². The molecule has 6 nitrogen and oxygen atoms in total. The number of nitrogens with one attached hydrogen (secondary N) is 1. The Morgan fingerprint density at radius 3 is 2.70 bits per heavy atom. The van der Waals surface area contributed by atoms with E-state index in [2.05, 4.69) is 4.98 Å². The average Bonchev–Trinajstić information content (AvgIpc) is 2.42. The molecule has 0 radical (unpaired) electrons. The number of hydrogen-bond acceptors (Lipinski definition) is 3. The highest BCUT2D eigenvalue weighted by molar-refractivity contribution is 5.92. The maximum Gasteiger partial charge on any atom is 0.335 e. The molecule has 0 saturated carbocycles. The van der Waals surface area contributed by atoms with Crippen LogP contribution in [0.4, 0.5) is 0 Å². The van der Waals surface area contributed by atoms with Crippen molar-refractivity contribution in [3.05, 3.63) is 44.5 Å². The molecule has 6 heteroatoms. The van der Waals surface area contributed by atoms with Gasteiger partial charge in [0.2, 0.25) is 0 Å². The van der Waals surface area contributed by atoms with E-state index >= 15 is 0 Å². The quantitative estimate of drug-likeness (QED) is 0.826. The number of hydrogen-bond donors (Lipinski definition) is 2. The first kappa shape index (κ1) is 14.0. The number of rotatable bonds is 4. The van der Waals surface area contributed by atoms with Crippen LogP contribution in [0.15, 0.2) is 27.8 Å². The molecule has 0 bridgehead atoms. The molecule has 0 amide bonds. The van der Waals surface area contributed by atoms with Crippen molar-refractivity contribution >= 4 is 17.0 Å². The van der Waals surface area contributed by atoms with Crippen LogP contribution in [-0.4, -0.2) is 20.6 Å². The Bertz CT molecular complexity index is 773. The molecule has 0 aliphatic rings. The Labute approximate surface area is 114 Å². The summed E-state index contributed by atoms with van der Waals surface area (Å²) >= 11 is 0. The fraction of sp³-hybridized carbons (Fsp3) is 0.357. The van der Waals surface area contributed by atoms with Crippen LogP contribution in [0.2, 0.25) is 0 Å². The van der Waals surface area contributed by atoms with Crippen LogP contribution in [0.5, 0.6) is 0 Å². The second kappa shape index (κ2) is 5.32. The molecule has 1 unspecified atom stereocenters. The maximum absolute atomic E-state index is 12.0. The Morgan fingerprint density at radius 2 is 2.10 bits per heavy atom. The molecule has 106 valence electrons. The summed E-state index contributed by atoms with van der Waals surface area (Å²) in [6.45, 7) is 4.43. The summed E-state index contributed by atoms with van der Waals surface area (Å²) in [6.07, 6.45) is 0.883. The minimum atomic E-state index is -1.08. The predicted octanol–water partition coefficient (Wildman–Crippen LogP) is 1.43. The van der Waals surface area contributed by atoms with Crippen molar-refractivity contribution in [2.75, 3.05) is 0 Å². The van der Waals surface area contributed by atoms with Gasteiger partial charge in [0.15, 0.2) is 0 Å². The Morgan fingerprint density at radius 1 is 1.40 bits per heavy atom. The predicted molar refractivity (Wildman–Crippen MR) is 75.2 cm³/mol. The molecule has 1 aromatic carbocycles. The topological polar surface area (TPSA) is 92.2 Å². The van der Waals surface area contributed by atoms with Crippen molar-refractivity contribution < 1.29 is 9.90 Å². The largest absolute Gasteiger partial charge is 0.478 e. The van der Waals surface area contributed by atoms with E-state index in [4.69, 9.17) is 5.11 Å². The van der Waals surface area contributed by atoms with Crippen molar-refractivity contribution in [1.82, 2.24) is 9.55 Å². The van der Waals surface area contributed by atoms with Gasteiger partial charge in [-0.05, 0) is 24.1 Å². The minimum absolute atomic E-state index is 0.0712. The zero-order valence-electron chi connectivity index (χ0n) is 11.3. The van der Waals surface area contributed by atoms with Gasteiger partial charge in [-0.15, -0.1) is 0 Å². The maximum atomic E-state index is 12.0. The number of carboxylic acid groups (broad SMARTS) is 1. The third kappa shape index (κ3) is 2.49. The van der Waals surface area contributed by atoms with Crippen LogP contribution in [-0.2, 0) is 6.54 Å². The van der Waals surface area contributed by atoms with E-state index in [0.717, 1.165) is 6.42 Å². The normalized spacial score (nSPS) is 12.5. The van der Waals surface area contributed by atoms with Crippen LogP contribution < -0.4 is 11.1 Å². The average molecular weight is 276 g/mol. The van der Waals surface area contributed by atoms with Gasteiger partial charge >= 0.3 is 17.1 Å². The van der Waals surface area contributed by atoms with Crippen LogP contribution >= 0.6 is 0 Å². The number of aromatic carboxylic acids is 1. The first-order chi connectivity index (χ1) is 9.43. The number of benzene rings is 1. The first-order valence-electron chi connectivity index (χ1n) is 6.44. The summed E-state index contributed by atoms with van der Waals surface area (Å²) in [7, 11) is 0. The van der Waals surface area contributed by atoms with Gasteiger partial charge in [-0.1, -0.05) is 20.3 Å². The van der Waals surface area contributed by atoms with Gasteiger partial charge < -0.3 is 14.7 Å². The molecular formula is C14H16N2O4. The lowest BCUT2D eigenvalue weighted by atomic mass is 10.1. The molecule has 0 saturated heterocycles. The van der Waals surface area contributed by atoms with E-state index in [0.29, 0.717) is 17.6 Å². The van der Waals surface area contributed by atoms with Gasteiger partial charge in [0.05, 0.1) is 16.6 Å². The SMILES string of the molecule is CCC(C)Cn1c(=O)c(=O)[nH]c2cc(C(=O)O)ccc21. The third-order valence-corrected chi connectivity index (χ3v) is 3.41. The fourth-order valence-corrected chi connectivity index (χ4v) is 2.03. The lowest BCUT2D eigenvalue weighted by molar-refractivity contribution is 0.0697. The number of fused-ring (bicyclic) bond motifs is 1. The van der Waals surface area contributed by atoms with Gasteiger partial charge in [0.1, 0.15) is 0 Å². The highest BCUT2D eigenvalue weighted by atomic mass is 16.4. The summed E-state index contributed by atoms with van der Waals surface area (Å²) in [5.74, 6) is -0.829. The number of nitrogens with zero attached hydrogens (tertiary/aromatic N) is 1. The smallest absolute Gasteiger partial charge is 0.335 e. The zero-order valence-corrected chi connectivity index (χ0v) is 11.3. The molecule has 20 heavy (non-hydrogen) atoms. The first-order valence-corrected chi connectivity index (χ1v) is 6.44.